The van der Waals surface area contributed by atoms with Crippen LogP contribution < -0.4 is 0 Å². The van der Waals surface area contributed by atoms with Gasteiger partial charge in [-0.15, -0.1) is 0 Å². The normalized spacial score (nSPS) is 11.5. The molecule has 0 amide bonds. The molecular weight excluding hydrogens is 172 g/mol. The van der Waals surface area contributed by atoms with E-state index in [1.54, 1.807) is 0 Å². The van der Waals surface area contributed by atoms with Crippen LogP contribution in [0.15, 0.2) is 23.8 Å². The van der Waals surface area contributed by atoms with Crippen LogP contribution in [0.5, 0.6) is 0 Å². The van der Waals surface area contributed by atoms with Crippen LogP contribution in [0.25, 0.3) is 6.08 Å². The van der Waals surface area contributed by atoms with Gasteiger partial charge in [-0.05, 0) is 48.6 Å². The van der Waals surface area contributed by atoms with Gasteiger partial charge in [0.2, 0.25) is 0 Å². The van der Waals surface area contributed by atoms with Gasteiger partial charge in [0.15, 0.2) is 0 Å². The molecule has 74 valence electrons. The van der Waals surface area contributed by atoms with Crippen molar-refractivity contribution < 1.29 is 4.79 Å². The molecule has 1 aromatic carbocycles. The average molecular weight is 188 g/mol. The molecule has 1 rings (SSSR count). The number of carbonyl (C=O) groups excluding carboxylic acids is 1. The Morgan fingerprint density at radius 2 is 1.86 bits per heavy atom. The van der Waals surface area contributed by atoms with Gasteiger partial charge >= 0.3 is 0 Å². The van der Waals surface area contributed by atoms with E-state index in [0.717, 1.165) is 18.3 Å². The van der Waals surface area contributed by atoms with Crippen LogP contribution in [0.4, 0.5) is 0 Å². The van der Waals surface area contributed by atoms with Crippen LogP contribution in [0.1, 0.15) is 30.0 Å². The number of rotatable bonds is 3. The number of aldehydes is 1. The SMILES string of the molecule is CC/C(C=O)=C/c1c(C)cccc1C. The fraction of sp³-hybridized carbons (Fsp3) is 0.308. The van der Waals surface area contributed by atoms with Crippen LogP contribution in [-0.2, 0) is 4.79 Å². The summed E-state index contributed by atoms with van der Waals surface area (Å²) in [4.78, 5) is 10.7. The minimum absolute atomic E-state index is 0.789. The molecule has 0 saturated carbocycles. The first kappa shape index (κ1) is 10.7. The second-order valence-electron chi connectivity index (χ2n) is 3.50. The summed E-state index contributed by atoms with van der Waals surface area (Å²) in [7, 11) is 0. The lowest BCUT2D eigenvalue weighted by Gasteiger charge is -2.05. The van der Waals surface area contributed by atoms with E-state index in [2.05, 4.69) is 26.0 Å². The molecule has 0 aliphatic heterocycles. The van der Waals surface area contributed by atoms with Crippen molar-refractivity contribution in [2.75, 3.05) is 0 Å². The summed E-state index contributed by atoms with van der Waals surface area (Å²) in [5.41, 5.74) is 4.47. The van der Waals surface area contributed by atoms with Crippen LogP contribution in [-0.4, -0.2) is 6.29 Å². The molecule has 0 N–H and O–H groups in total. The molecule has 0 unspecified atom stereocenters. The molecule has 0 saturated heterocycles. The minimum Gasteiger partial charge on any atom is -0.298 e. The van der Waals surface area contributed by atoms with Crippen molar-refractivity contribution in [2.45, 2.75) is 27.2 Å². The van der Waals surface area contributed by atoms with Gasteiger partial charge < -0.3 is 0 Å². The Labute approximate surface area is 85.5 Å². The smallest absolute Gasteiger partial charge is 0.146 e. The lowest BCUT2D eigenvalue weighted by atomic mass is 10.00. The summed E-state index contributed by atoms with van der Waals surface area (Å²) in [6.45, 7) is 6.13. The minimum atomic E-state index is 0.789. The molecule has 0 heterocycles. The van der Waals surface area contributed by atoms with Crippen molar-refractivity contribution >= 4 is 12.4 Å². The Kier molecular flexibility index (Phi) is 3.63. The van der Waals surface area contributed by atoms with Crippen molar-refractivity contribution in [1.82, 2.24) is 0 Å². The molecule has 0 atom stereocenters. The molecule has 1 aromatic rings. The van der Waals surface area contributed by atoms with Crippen molar-refractivity contribution in [3.8, 4) is 0 Å². The van der Waals surface area contributed by atoms with Crippen molar-refractivity contribution in [1.29, 1.82) is 0 Å². The Hall–Kier alpha value is -1.37. The monoisotopic (exact) mass is 188 g/mol. The molecule has 0 aliphatic carbocycles. The van der Waals surface area contributed by atoms with Crippen molar-refractivity contribution in [3.05, 3.63) is 40.5 Å². The third-order valence-electron chi connectivity index (χ3n) is 2.43. The Morgan fingerprint density at radius 3 is 2.29 bits per heavy atom. The number of hydrogen-bond donors (Lipinski definition) is 0. The van der Waals surface area contributed by atoms with Crippen LogP contribution >= 0.6 is 0 Å². The lowest BCUT2D eigenvalue weighted by Crippen LogP contribution is -1.88. The van der Waals surface area contributed by atoms with E-state index >= 15 is 0 Å². The van der Waals surface area contributed by atoms with E-state index in [0.29, 0.717) is 0 Å². The molecule has 1 heteroatoms. The van der Waals surface area contributed by atoms with Gasteiger partial charge in [0.25, 0.3) is 0 Å². The maximum atomic E-state index is 10.7. The zero-order valence-electron chi connectivity index (χ0n) is 9.00. The second kappa shape index (κ2) is 4.75. The summed E-state index contributed by atoms with van der Waals surface area (Å²) in [6, 6.07) is 6.17. The lowest BCUT2D eigenvalue weighted by molar-refractivity contribution is -0.104. The topological polar surface area (TPSA) is 17.1 Å². The summed E-state index contributed by atoms with van der Waals surface area (Å²) >= 11 is 0. The average Bonchev–Trinajstić information content (AvgIpc) is 2.18. The third-order valence-corrected chi connectivity index (χ3v) is 2.43. The largest absolute Gasteiger partial charge is 0.298 e. The fourth-order valence-electron chi connectivity index (χ4n) is 1.46. The highest BCUT2D eigenvalue weighted by Gasteiger charge is 1.99. The maximum Gasteiger partial charge on any atom is 0.146 e. The third kappa shape index (κ3) is 2.32. The summed E-state index contributed by atoms with van der Waals surface area (Å²) in [5, 5.41) is 0. The number of hydrogen-bond acceptors (Lipinski definition) is 1. The summed E-state index contributed by atoms with van der Waals surface area (Å²) in [6.07, 6.45) is 3.71. The standard InChI is InChI=1S/C13H16O/c1-4-12(9-14)8-13-10(2)6-5-7-11(13)3/h5-9H,4H2,1-3H3/b12-8-. The van der Waals surface area contributed by atoms with Gasteiger partial charge in [-0.1, -0.05) is 25.1 Å². The first-order chi connectivity index (χ1) is 6.69. The molecule has 0 bridgehead atoms. The second-order valence-corrected chi connectivity index (χ2v) is 3.50. The van der Waals surface area contributed by atoms with E-state index in [-0.39, 0.29) is 0 Å². The number of benzene rings is 1. The van der Waals surface area contributed by atoms with Gasteiger partial charge in [-0.2, -0.15) is 0 Å². The Balaban J connectivity index is 3.18. The zero-order valence-corrected chi connectivity index (χ0v) is 9.00. The molecule has 0 aliphatic rings. The quantitative estimate of drug-likeness (QED) is 0.525. The first-order valence-electron chi connectivity index (χ1n) is 4.91. The number of aryl methyl sites for hydroxylation is 2. The molecular formula is C13H16O. The van der Waals surface area contributed by atoms with E-state index in [9.17, 15) is 4.79 Å². The van der Waals surface area contributed by atoms with Crippen LogP contribution in [0.3, 0.4) is 0 Å². The molecule has 0 radical (unpaired) electrons. The first-order valence-corrected chi connectivity index (χ1v) is 4.91. The highest BCUT2D eigenvalue weighted by Crippen LogP contribution is 2.17. The van der Waals surface area contributed by atoms with Crippen molar-refractivity contribution in [2.24, 2.45) is 0 Å². The zero-order chi connectivity index (χ0) is 10.6. The Bertz CT molecular complexity index is 341. The predicted molar refractivity (Wildman–Crippen MR) is 60.2 cm³/mol. The van der Waals surface area contributed by atoms with Gasteiger partial charge in [0, 0.05) is 0 Å². The number of carbonyl (C=O) groups is 1. The molecule has 14 heavy (non-hydrogen) atoms. The Morgan fingerprint density at radius 1 is 1.29 bits per heavy atom. The summed E-state index contributed by atoms with van der Waals surface area (Å²) < 4.78 is 0. The highest BCUT2D eigenvalue weighted by atomic mass is 16.1. The van der Waals surface area contributed by atoms with E-state index in [1.165, 1.54) is 16.7 Å². The predicted octanol–water partition coefficient (Wildman–Crippen LogP) is 3.30. The molecule has 1 nitrogen and oxygen atoms in total. The molecule has 0 fully saturated rings. The molecule has 0 spiro atoms. The van der Waals surface area contributed by atoms with E-state index < -0.39 is 0 Å². The van der Waals surface area contributed by atoms with Crippen LogP contribution in [0.2, 0.25) is 0 Å². The van der Waals surface area contributed by atoms with Gasteiger partial charge in [0.1, 0.15) is 6.29 Å². The summed E-state index contributed by atoms with van der Waals surface area (Å²) in [5.74, 6) is 0. The van der Waals surface area contributed by atoms with Gasteiger partial charge in [0.05, 0.1) is 0 Å². The number of allylic oxidation sites excluding steroid dienone is 1. The van der Waals surface area contributed by atoms with E-state index in [1.807, 2.05) is 19.1 Å². The van der Waals surface area contributed by atoms with Gasteiger partial charge in [-0.25, -0.2) is 0 Å². The van der Waals surface area contributed by atoms with Crippen LogP contribution in [0, 0.1) is 13.8 Å². The highest BCUT2D eigenvalue weighted by molar-refractivity contribution is 5.82. The fourth-order valence-corrected chi connectivity index (χ4v) is 1.46. The van der Waals surface area contributed by atoms with Gasteiger partial charge in [-0.3, -0.25) is 4.79 Å². The van der Waals surface area contributed by atoms with E-state index in [4.69, 9.17) is 0 Å². The van der Waals surface area contributed by atoms with Crippen molar-refractivity contribution in [3.63, 3.8) is 0 Å². The molecule has 0 aromatic heterocycles. The maximum absolute atomic E-state index is 10.7.